The van der Waals surface area contributed by atoms with Crippen LogP contribution in [0.2, 0.25) is 0 Å². The van der Waals surface area contributed by atoms with Gasteiger partial charge in [-0.2, -0.15) is 15.0 Å². The maximum Gasteiger partial charge on any atom is 0.230 e. The zero-order valence-corrected chi connectivity index (χ0v) is 12.6. The van der Waals surface area contributed by atoms with Crippen molar-refractivity contribution in [2.24, 2.45) is 0 Å². The molecule has 1 aromatic heterocycles. The summed E-state index contributed by atoms with van der Waals surface area (Å²) >= 11 is 0. The van der Waals surface area contributed by atoms with E-state index in [-0.39, 0.29) is 0 Å². The molecule has 0 atom stereocenters. The minimum Gasteiger partial charge on any atom is -0.357 e. The number of hydrogen-bond acceptors (Lipinski definition) is 5. The zero-order valence-electron chi connectivity index (χ0n) is 12.6. The third kappa shape index (κ3) is 2.96. The van der Waals surface area contributed by atoms with Crippen molar-refractivity contribution in [3.8, 4) is 11.4 Å². The summed E-state index contributed by atoms with van der Waals surface area (Å²) < 4.78 is 0. The summed E-state index contributed by atoms with van der Waals surface area (Å²) in [6.45, 7) is 4.21. The zero-order chi connectivity index (χ0) is 14.7. The summed E-state index contributed by atoms with van der Waals surface area (Å²) in [4.78, 5) is 15.9. The van der Waals surface area contributed by atoms with Crippen LogP contribution in [0.5, 0.6) is 0 Å². The van der Waals surface area contributed by atoms with Crippen LogP contribution in [0.1, 0.15) is 25.3 Å². The third-order valence-corrected chi connectivity index (χ3v) is 3.86. The highest BCUT2D eigenvalue weighted by Gasteiger charge is 2.17. The van der Waals surface area contributed by atoms with Crippen LogP contribution in [0.4, 0.5) is 11.9 Å². The molecule has 3 rings (SSSR count). The molecule has 1 N–H and O–H groups in total. The quantitative estimate of drug-likeness (QED) is 0.935. The Bertz CT molecular complexity index is 603. The number of aryl methyl sites for hydroxylation is 1. The fraction of sp³-hybridized carbons (Fsp3) is 0.438. The van der Waals surface area contributed by atoms with Crippen LogP contribution in [0, 0.1) is 0 Å². The van der Waals surface area contributed by atoms with Crippen molar-refractivity contribution in [1.82, 2.24) is 15.0 Å². The number of hydrogen-bond donors (Lipinski definition) is 1. The summed E-state index contributed by atoms with van der Waals surface area (Å²) in [6.07, 6.45) is 3.46. The van der Waals surface area contributed by atoms with Gasteiger partial charge in [-0.25, -0.2) is 0 Å². The van der Waals surface area contributed by atoms with Gasteiger partial charge in [-0.3, -0.25) is 0 Å². The van der Waals surface area contributed by atoms with Gasteiger partial charge >= 0.3 is 0 Å². The van der Waals surface area contributed by atoms with Gasteiger partial charge < -0.3 is 10.2 Å². The topological polar surface area (TPSA) is 53.9 Å². The third-order valence-electron chi connectivity index (χ3n) is 3.86. The first-order valence-electron chi connectivity index (χ1n) is 7.58. The first-order valence-corrected chi connectivity index (χ1v) is 7.58. The summed E-state index contributed by atoms with van der Waals surface area (Å²) in [5.41, 5.74) is 2.35. The highest BCUT2D eigenvalue weighted by Crippen LogP contribution is 2.22. The van der Waals surface area contributed by atoms with E-state index in [9.17, 15) is 0 Å². The first-order chi connectivity index (χ1) is 10.3. The van der Waals surface area contributed by atoms with E-state index in [0.29, 0.717) is 5.95 Å². The van der Waals surface area contributed by atoms with Gasteiger partial charge in [-0.05, 0) is 24.8 Å². The van der Waals surface area contributed by atoms with Gasteiger partial charge in [0.2, 0.25) is 11.9 Å². The standard InChI is InChI=1S/C16H21N5/c1-3-12-6-8-13(9-7-12)14-18-15(17-2)20-16(19-14)21-10-4-5-11-21/h6-9H,3-5,10-11H2,1-2H3,(H,17,18,19,20). The largest absolute Gasteiger partial charge is 0.357 e. The van der Waals surface area contributed by atoms with Crippen molar-refractivity contribution in [2.45, 2.75) is 26.2 Å². The van der Waals surface area contributed by atoms with Gasteiger partial charge in [-0.15, -0.1) is 0 Å². The predicted octanol–water partition coefficient (Wildman–Crippen LogP) is 2.74. The maximum atomic E-state index is 4.65. The molecule has 110 valence electrons. The van der Waals surface area contributed by atoms with E-state index in [2.05, 4.69) is 56.4 Å². The number of anilines is 2. The molecule has 0 bridgehead atoms. The molecule has 1 aliphatic heterocycles. The van der Waals surface area contributed by atoms with Crippen molar-refractivity contribution in [1.29, 1.82) is 0 Å². The molecule has 2 aromatic rings. The number of nitrogens with one attached hydrogen (secondary N) is 1. The van der Waals surface area contributed by atoms with Crippen molar-refractivity contribution < 1.29 is 0 Å². The lowest BCUT2D eigenvalue weighted by molar-refractivity contribution is 0.884. The van der Waals surface area contributed by atoms with Crippen molar-refractivity contribution in [2.75, 3.05) is 30.4 Å². The van der Waals surface area contributed by atoms with Gasteiger partial charge in [0.15, 0.2) is 5.82 Å². The summed E-state index contributed by atoms with van der Waals surface area (Å²) in [7, 11) is 1.84. The van der Waals surface area contributed by atoms with Gasteiger partial charge in [-0.1, -0.05) is 31.2 Å². The molecule has 0 amide bonds. The van der Waals surface area contributed by atoms with Crippen molar-refractivity contribution in [3.63, 3.8) is 0 Å². The number of rotatable bonds is 4. The molecule has 5 nitrogen and oxygen atoms in total. The van der Waals surface area contributed by atoms with Crippen molar-refractivity contribution in [3.05, 3.63) is 29.8 Å². The van der Waals surface area contributed by atoms with E-state index in [1.807, 2.05) is 7.05 Å². The molecule has 1 aliphatic rings. The Morgan fingerprint density at radius 3 is 2.38 bits per heavy atom. The van der Waals surface area contributed by atoms with E-state index in [1.54, 1.807) is 0 Å². The molecular formula is C16H21N5. The normalized spacial score (nSPS) is 14.5. The number of benzene rings is 1. The molecular weight excluding hydrogens is 262 g/mol. The second-order valence-electron chi connectivity index (χ2n) is 5.28. The Morgan fingerprint density at radius 2 is 1.76 bits per heavy atom. The van der Waals surface area contributed by atoms with Crippen LogP contribution in [-0.4, -0.2) is 35.1 Å². The summed E-state index contributed by atoms with van der Waals surface area (Å²) in [6, 6.07) is 8.43. The Hall–Kier alpha value is -2.17. The number of aromatic nitrogens is 3. The molecule has 5 heteroatoms. The molecule has 2 heterocycles. The molecule has 1 aromatic carbocycles. The lowest BCUT2D eigenvalue weighted by atomic mass is 10.1. The molecule has 0 unspecified atom stereocenters. The van der Waals surface area contributed by atoms with Gasteiger partial charge in [0.25, 0.3) is 0 Å². The highest BCUT2D eigenvalue weighted by molar-refractivity contribution is 5.58. The van der Waals surface area contributed by atoms with Crippen LogP contribution in [0.25, 0.3) is 11.4 Å². The number of nitrogens with zero attached hydrogens (tertiary/aromatic N) is 4. The SMILES string of the molecule is CCc1ccc(-c2nc(NC)nc(N3CCCC3)n2)cc1. The Balaban J connectivity index is 1.97. The molecule has 0 spiro atoms. The lowest BCUT2D eigenvalue weighted by Gasteiger charge is -2.16. The Morgan fingerprint density at radius 1 is 1.05 bits per heavy atom. The molecule has 0 radical (unpaired) electrons. The minimum absolute atomic E-state index is 0.626. The van der Waals surface area contributed by atoms with Gasteiger partial charge in [0.1, 0.15) is 0 Å². The fourth-order valence-electron chi connectivity index (χ4n) is 2.55. The fourth-order valence-corrected chi connectivity index (χ4v) is 2.55. The van der Waals surface area contributed by atoms with E-state index in [0.717, 1.165) is 36.8 Å². The Kier molecular flexibility index (Phi) is 3.99. The predicted molar refractivity (Wildman–Crippen MR) is 85.6 cm³/mol. The average Bonchev–Trinajstić information content (AvgIpc) is 3.09. The van der Waals surface area contributed by atoms with E-state index >= 15 is 0 Å². The van der Waals surface area contributed by atoms with Gasteiger partial charge in [0, 0.05) is 25.7 Å². The molecule has 21 heavy (non-hydrogen) atoms. The summed E-state index contributed by atoms with van der Waals surface area (Å²) in [5.74, 6) is 2.14. The van der Waals surface area contributed by atoms with Crippen LogP contribution in [-0.2, 0) is 6.42 Å². The molecule has 0 saturated carbocycles. The summed E-state index contributed by atoms with van der Waals surface area (Å²) in [5, 5.41) is 3.03. The lowest BCUT2D eigenvalue weighted by Crippen LogP contribution is -2.21. The molecule has 1 fully saturated rings. The second-order valence-corrected chi connectivity index (χ2v) is 5.28. The van der Waals surface area contributed by atoms with Crippen LogP contribution < -0.4 is 10.2 Å². The smallest absolute Gasteiger partial charge is 0.230 e. The Labute approximate surface area is 125 Å². The molecule has 0 aliphatic carbocycles. The second kappa shape index (κ2) is 6.08. The maximum absolute atomic E-state index is 4.65. The van der Waals surface area contributed by atoms with E-state index in [1.165, 1.54) is 18.4 Å². The average molecular weight is 283 g/mol. The van der Waals surface area contributed by atoms with Gasteiger partial charge in [0.05, 0.1) is 0 Å². The highest BCUT2D eigenvalue weighted by atomic mass is 15.3. The minimum atomic E-state index is 0.626. The van der Waals surface area contributed by atoms with Crippen LogP contribution >= 0.6 is 0 Å². The first kappa shape index (κ1) is 13.8. The monoisotopic (exact) mass is 283 g/mol. The van der Waals surface area contributed by atoms with E-state index in [4.69, 9.17) is 0 Å². The van der Waals surface area contributed by atoms with E-state index < -0.39 is 0 Å². The molecule has 1 saturated heterocycles. The van der Waals surface area contributed by atoms with Crippen LogP contribution in [0.3, 0.4) is 0 Å². The van der Waals surface area contributed by atoms with Crippen molar-refractivity contribution >= 4 is 11.9 Å². The van der Waals surface area contributed by atoms with Crippen LogP contribution in [0.15, 0.2) is 24.3 Å².